The van der Waals surface area contributed by atoms with Gasteiger partial charge >= 0.3 is 5.97 Å². The first-order valence-corrected chi connectivity index (χ1v) is 5.65. The molecule has 0 amide bonds. The third kappa shape index (κ3) is 4.45. The van der Waals surface area contributed by atoms with Gasteiger partial charge in [0.25, 0.3) is 0 Å². The van der Waals surface area contributed by atoms with Crippen molar-refractivity contribution in [1.82, 2.24) is 5.32 Å². The molecule has 0 aliphatic heterocycles. The molecule has 0 aromatic heterocycles. The van der Waals surface area contributed by atoms with E-state index in [-0.39, 0.29) is 12.5 Å². The molecule has 1 rings (SSSR count). The molecule has 16 heavy (non-hydrogen) atoms. The Morgan fingerprint density at radius 2 is 2.06 bits per heavy atom. The summed E-state index contributed by atoms with van der Waals surface area (Å²) in [7, 11) is 0. The maximum atomic E-state index is 11.1. The van der Waals surface area contributed by atoms with Gasteiger partial charge in [0.15, 0.2) is 0 Å². The number of hydrogen-bond acceptors (Lipinski definition) is 3. The normalized spacial score (nSPS) is 12.1. The fourth-order valence-corrected chi connectivity index (χ4v) is 1.50. The summed E-state index contributed by atoms with van der Waals surface area (Å²) < 4.78 is 4.83. The second-order valence-electron chi connectivity index (χ2n) is 3.75. The van der Waals surface area contributed by atoms with E-state index in [9.17, 15) is 4.79 Å². The van der Waals surface area contributed by atoms with Crippen LogP contribution < -0.4 is 5.32 Å². The van der Waals surface area contributed by atoms with Gasteiger partial charge in [-0.1, -0.05) is 37.3 Å². The lowest BCUT2D eigenvalue weighted by atomic mass is 10.0. The number of ether oxygens (including phenoxy) is 1. The Morgan fingerprint density at radius 3 is 2.69 bits per heavy atom. The van der Waals surface area contributed by atoms with E-state index >= 15 is 0 Å². The molecule has 0 bridgehead atoms. The quantitative estimate of drug-likeness (QED) is 0.746. The van der Waals surface area contributed by atoms with Gasteiger partial charge in [-0.25, -0.2) is 0 Å². The Balaban J connectivity index is 2.26. The first kappa shape index (κ1) is 12.7. The molecule has 88 valence electrons. The van der Waals surface area contributed by atoms with Crippen LogP contribution in [0.25, 0.3) is 0 Å². The molecule has 1 N–H and O–H groups in total. The van der Waals surface area contributed by atoms with Crippen LogP contribution in [0.1, 0.15) is 25.3 Å². The highest BCUT2D eigenvalue weighted by Crippen LogP contribution is 2.12. The van der Waals surface area contributed by atoms with Crippen LogP contribution >= 0.6 is 0 Å². The van der Waals surface area contributed by atoms with E-state index < -0.39 is 0 Å². The molecule has 1 atom stereocenters. The molecular weight excluding hydrogens is 202 g/mol. The van der Waals surface area contributed by atoms with Gasteiger partial charge in [0.05, 0.1) is 13.2 Å². The van der Waals surface area contributed by atoms with E-state index in [1.54, 1.807) is 0 Å². The van der Waals surface area contributed by atoms with Crippen molar-refractivity contribution >= 4 is 5.97 Å². The number of benzene rings is 1. The van der Waals surface area contributed by atoms with E-state index in [0.29, 0.717) is 12.5 Å². The standard InChI is InChI=1S/C13H19NO2/c1-3-16-13(15)10-14-9-11(2)12-7-5-4-6-8-12/h4-8,11,14H,3,9-10H2,1-2H3. The zero-order chi connectivity index (χ0) is 11.8. The van der Waals surface area contributed by atoms with Crippen LogP contribution in [0.3, 0.4) is 0 Å². The van der Waals surface area contributed by atoms with Gasteiger partial charge in [0.2, 0.25) is 0 Å². The topological polar surface area (TPSA) is 38.3 Å². The third-order valence-electron chi connectivity index (χ3n) is 2.39. The Bertz CT molecular complexity index is 311. The predicted molar refractivity (Wildman–Crippen MR) is 64.4 cm³/mol. The van der Waals surface area contributed by atoms with Crippen LogP contribution in [0, 0.1) is 0 Å². The molecule has 0 saturated heterocycles. The highest BCUT2D eigenvalue weighted by Gasteiger charge is 2.06. The van der Waals surface area contributed by atoms with Crippen molar-refractivity contribution < 1.29 is 9.53 Å². The van der Waals surface area contributed by atoms with Crippen LogP contribution in [0.15, 0.2) is 30.3 Å². The summed E-state index contributed by atoms with van der Waals surface area (Å²) in [6.45, 7) is 5.45. The van der Waals surface area contributed by atoms with Crippen molar-refractivity contribution in [2.45, 2.75) is 19.8 Å². The van der Waals surface area contributed by atoms with Gasteiger partial charge in [-0.15, -0.1) is 0 Å². The average molecular weight is 221 g/mol. The van der Waals surface area contributed by atoms with E-state index in [1.807, 2.05) is 25.1 Å². The molecule has 0 spiro atoms. The van der Waals surface area contributed by atoms with Crippen LogP contribution in [-0.2, 0) is 9.53 Å². The Hall–Kier alpha value is -1.35. The number of nitrogens with one attached hydrogen (secondary N) is 1. The number of hydrogen-bond donors (Lipinski definition) is 1. The molecule has 1 aromatic carbocycles. The van der Waals surface area contributed by atoms with E-state index in [1.165, 1.54) is 5.56 Å². The van der Waals surface area contributed by atoms with Crippen LogP contribution in [0.4, 0.5) is 0 Å². The SMILES string of the molecule is CCOC(=O)CNCC(C)c1ccccc1. The zero-order valence-corrected chi connectivity index (χ0v) is 9.90. The summed E-state index contributed by atoms with van der Waals surface area (Å²) >= 11 is 0. The molecule has 3 nitrogen and oxygen atoms in total. The number of esters is 1. The lowest BCUT2D eigenvalue weighted by molar-refractivity contribution is -0.141. The second-order valence-corrected chi connectivity index (χ2v) is 3.75. The summed E-state index contributed by atoms with van der Waals surface area (Å²) in [5, 5.41) is 3.09. The summed E-state index contributed by atoms with van der Waals surface area (Å²) in [6, 6.07) is 10.2. The van der Waals surface area contributed by atoms with Crippen LogP contribution in [0.2, 0.25) is 0 Å². The minimum absolute atomic E-state index is 0.192. The number of carbonyl (C=O) groups is 1. The fraction of sp³-hybridized carbons (Fsp3) is 0.462. The maximum absolute atomic E-state index is 11.1. The Kier molecular flexibility index (Phi) is 5.57. The first-order valence-electron chi connectivity index (χ1n) is 5.65. The van der Waals surface area contributed by atoms with Crippen LogP contribution in [0.5, 0.6) is 0 Å². The zero-order valence-electron chi connectivity index (χ0n) is 9.90. The van der Waals surface area contributed by atoms with Gasteiger partial charge in [-0.05, 0) is 18.4 Å². The molecule has 0 radical (unpaired) electrons. The molecule has 0 saturated carbocycles. The van der Waals surface area contributed by atoms with Gasteiger partial charge in [-0.2, -0.15) is 0 Å². The molecule has 0 heterocycles. The molecule has 0 aliphatic rings. The highest BCUT2D eigenvalue weighted by atomic mass is 16.5. The third-order valence-corrected chi connectivity index (χ3v) is 2.39. The minimum Gasteiger partial charge on any atom is -0.465 e. The van der Waals surface area contributed by atoms with Crippen molar-refractivity contribution in [3.05, 3.63) is 35.9 Å². The van der Waals surface area contributed by atoms with E-state index in [0.717, 1.165) is 6.54 Å². The minimum atomic E-state index is -0.192. The van der Waals surface area contributed by atoms with Crippen molar-refractivity contribution in [1.29, 1.82) is 0 Å². The molecule has 0 aliphatic carbocycles. The molecule has 1 unspecified atom stereocenters. The number of carbonyl (C=O) groups excluding carboxylic acids is 1. The summed E-state index contributed by atoms with van der Waals surface area (Å²) in [5.74, 6) is 0.207. The number of rotatable bonds is 6. The largest absolute Gasteiger partial charge is 0.465 e. The molecular formula is C13H19NO2. The summed E-state index contributed by atoms with van der Waals surface area (Å²) in [4.78, 5) is 11.1. The summed E-state index contributed by atoms with van der Waals surface area (Å²) in [6.07, 6.45) is 0. The molecule has 1 aromatic rings. The lowest BCUT2D eigenvalue weighted by Gasteiger charge is -2.12. The van der Waals surface area contributed by atoms with Crippen molar-refractivity contribution in [3.63, 3.8) is 0 Å². The van der Waals surface area contributed by atoms with E-state index in [4.69, 9.17) is 4.74 Å². The Labute approximate surface area is 96.8 Å². The smallest absolute Gasteiger partial charge is 0.319 e. The Morgan fingerprint density at radius 1 is 1.38 bits per heavy atom. The predicted octanol–water partition coefficient (Wildman–Crippen LogP) is 1.94. The molecule has 0 fully saturated rings. The van der Waals surface area contributed by atoms with Crippen LogP contribution in [-0.4, -0.2) is 25.7 Å². The van der Waals surface area contributed by atoms with Crippen molar-refractivity contribution in [3.8, 4) is 0 Å². The monoisotopic (exact) mass is 221 g/mol. The van der Waals surface area contributed by atoms with Gasteiger partial charge in [0, 0.05) is 6.54 Å². The average Bonchev–Trinajstić information content (AvgIpc) is 2.30. The second kappa shape index (κ2) is 7.01. The van der Waals surface area contributed by atoms with Gasteiger partial charge < -0.3 is 10.1 Å². The first-order chi connectivity index (χ1) is 7.74. The van der Waals surface area contributed by atoms with Crippen molar-refractivity contribution in [2.24, 2.45) is 0 Å². The van der Waals surface area contributed by atoms with Crippen molar-refractivity contribution in [2.75, 3.05) is 19.7 Å². The highest BCUT2D eigenvalue weighted by molar-refractivity contribution is 5.71. The lowest BCUT2D eigenvalue weighted by Crippen LogP contribution is -2.28. The molecule has 3 heteroatoms. The van der Waals surface area contributed by atoms with Gasteiger partial charge in [-0.3, -0.25) is 4.79 Å². The maximum Gasteiger partial charge on any atom is 0.319 e. The van der Waals surface area contributed by atoms with E-state index in [2.05, 4.69) is 24.4 Å². The van der Waals surface area contributed by atoms with Gasteiger partial charge in [0.1, 0.15) is 0 Å². The summed E-state index contributed by atoms with van der Waals surface area (Å²) in [5.41, 5.74) is 1.28. The fourth-order valence-electron chi connectivity index (χ4n) is 1.50.